The van der Waals surface area contributed by atoms with E-state index in [0.717, 1.165) is 17.5 Å². The summed E-state index contributed by atoms with van der Waals surface area (Å²) in [7, 11) is 0. The van der Waals surface area contributed by atoms with Gasteiger partial charge in [0.05, 0.1) is 12.7 Å². The molecular formula is C12H16FNO. The van der Waals surface area contributed by atoms with Gasteiger partial charge in [-0.1, -0.05) is 13.0 Å². The Morgan fingerprint density at radius 3 is 3.00 bits per heavy atom. The molecule has 0 fully saturated rings. The molecule has 0 aromatic heterocycles. The molecule has 15 heavy (non-hydrogen) atoms. The maximum Gasteiger partial charge on any atom is 0.123 e. The average molecular weight is 209 g/mol. The van der Waals surface area contributed by atoms with Gasteiger partial charge in [-0.2, -0.15) is 0 Å². The predicted octanol–water partition coefficient (Wildman–Crippen LogP) is 2.18. The zero-order chi connectivity index (χ0) is 10.8. The summed E-state index contributed by atoms with van der Waals surface area (Å²) < 4.78 is 18.8. The first kappa shape index (κ1) is 10.6. The van der Waals surface area contributed by atoms with Crippen LogP contribution in [-0.2, 0) is 11.3 Å². The first-order valence-corrected chi connectivity index (χ1v) is 5.36. The lowest BCUT2D eigenvalue weighted by atomic mass is 9.86. The number of ether oxygens (including phenoxy) is 1. The summed E-state index contributed by atoms with van der Waals surface area (Å²) in [6.45, 7) is 3.15. The van der Waals surface area contributed by atoms with Crippen LogP contribution < -0.4 is 5.73 Å². The molecule has 0 aliphatic carbocycles. The van der Waals surface area contributed by atoms with Crippen LogP contribution in [0.3, 0.4) is 0 Å². The molecule has 0 amide bonds. The van der Waals surface area contributed by atoms with Crippen molar-refractivity contribution in [2.75, 3.05) is 6.54 Å². The summed E-state index contributed by atoms with van der Waals surface area (Å²) in [5.41, 5.74) is 7.82. The van der Waals surface area contributed by atoms with E-state index < -0.39 is 0 Å². The van der Waals surface area contributed by atoms with Gasteiger partial charge in [-0.15, -0.1) is 0 Å². The quantitative estimate of drug-likeness (QED) is 0.810. The largest absolute Gasteiger partial charge is 0.373 e. The molecule has 2 N–H and O–H groups in total. The predicted molar refractivity (Wildman–Crippen MR) is 57.1 cm³/mol. The van der Waals surface area contributed by atoms with Crippen LogP contribution in [0.25, 0.3) is 0 Å². The van der Waals surface area contributed by atoms with Crippen molar-refractivity contribution in [3.63, 3.8) is 0 Å². The number of nitrogens with two attached hydrogens (primary N) is 1. The third-order valence-electron chi connectivity index (χ3n) is 3.07. The van der Waals surface area contributed by atoms with Crippen LogP contribution >= 0.6 is 0 Å². The molecule has 0 bridgehead atoms. The zero-order valence-electron chi connectivity index (χ0n) is 8.87. The minimum Gasteiger partial charge on any atom is -0.373 e. The second kappa shape index (κ2) is 4.29. The number of halogens is 1. The highest BCUT2D eigenvalue weighted by atomic mass is 19.1. The Kier molecular flexibility index (Phi) is 3.03. The molecular weight excluding hydrogens is 193 g/mol. The lowest BCUT2D eigenvalue weighted by Crippen LogP contribution is -2.32. The van der Waals surface area contributed by atoms with Crippen molar-refractivity contribution in [2.45, 2.75) is 32.0 Å². The monoisotopic (exact) mass is 209 g/mol. The summed E-state index contributed by atoms with van der Waals surface area (Å²) in [6.07, 6.45) is 1.04. The van der Waals surface area contributed by atoms with Crippen molar-refractivity contribution in [3.8, 4) is 0 Å². The molecule has 1 heterocycles. The molecule has 0 saturated carbocycles. The van der Waals surface area contributed by atoms with E-state index in [9.17, 15) is 4.39 Å². The third-order valence-corrected chi connectivity index (χ3v) is 3.07. The Morgan fingerprint density at radius 2 is 2.33 bits per heavy atom. The van der Waals surface area contributed by atoms with E-state index >= 15 is 0 Å². The molecule has 1 aliphatic heterocycles. The van der Waals surface area contributed by atoms with E-state index in [0.29, 0.717) is 13.2 Å². The van der Waals surface area contributed by atoms with Crippen LogP contribution in [0.2, 0.25) is 0 Å². The van der Waals surface area contributed by atoms with Gasteiger partial charge in [0, 0.05) is 12.5 Å². The van der Waals surface area contributed by atoms with Gasteiger partial charge < -0.3 is 10.5 Å². The Balaban J connectivity index is 2.39. The lowest BCUT2D eigenvalue weighted by molar-refractivity contribution is 0.00730. The maximum absolute atomic E-state index is 13.2. The van der Waals surface area contributed by atoms with Crippen molar-refractivity contribution in [1.82, 2.24) is 0 Å². The zero-order valence-corrected chi connectivity index (χ0v) is 8.87. The normalized spacial score (nSPS) is 25.0. The van der Waals surface area contributed by atoms with Crippen molar-refractivity contribution in [3.05, 3.63) is 35.1 Å². The topological polar surface area (TPSA) is 35.2 Å². The van der Waals surface area contributed by atoms with Gasteiger partial charge in [-0.05, 0) is 29.7 Å². The number of benzene rings is 1. The highest BCUT2D eigenvalue weighted by Crippen LogP contribution is 2.32. The Labute approximate surface area is 89.2 Å². The van der Waals surface area contributed by atoms with Crippen molar-refractivity contribution >= 4 is 0 Å². The molecule has 3 heteroatoms. The molecule has 1 aromatic rings. The number of hydrogen-bond donors (Lipinski definition) is 1. The van der Waals surface area contributed by atoms with E-state index in [2.05, 4.69) is 6.92 Å². The molecule has 2 unspecified atom stereocenters. The van der Waals surface area contributed by atoms with Crippen LogP contribution in [0.1, 0.15) is 30.4 Å². The molecule has 1 aromatic carbocycles. The van der Waals surface area contributed by atoms with Crippen LogP contribution in [-0.4, -0.2) is 12.6 Å². The van der Waals surface area contributed by atoms with Gasteiger partial charge in [0.2, 0.25) is 0 Å². The van der Waals surface area contributed by atoms with E-state index in [4.69, 9.17) is 10.5 Å². The van der Waals surface area contributed by atoms with Gasteiger partial charge in [-0.25, -0.2) is 4.39 Å². The molecule has 0 saturated heterocycles. The second-order valence-corrected chi connectivity index (χ2v) is 3.94. The summed E-state index contributed by atoms with van der Waals surface area (Å²) in [5.74, 6) is -0.0570. The molecule has 1 aliphatic rings. The second-order valence-electron chi connectivity index (χ2n) is 3.94. The average Bonchev–Trinajstić information content (AvgIpc) is 2.27. The summed E-state index contributed by atoms with van der Waals surface area (Å²) >= 11 is 0. The number of rotatable bonds is 2. The number of hydrogen-bond acceptors (Lipinski definition) is 2. The van der Waals surface area contributed by atoms with Gasteiger partial charge >= 0.3 is 0 Å². The van der Waals surface area contributed by atoms with Crippen LogP contribution in [0.15, 0.2) is 18.2 Å². The Morgan fingerprint density at radius 1 is 1.53 bits per heavy atom. The van der Waals surface area contributed by atoms with Gasteiger partial charge in [0.1, 0.15) is 5.82 Å². The number of fused-ring (bicyclic) bond motifs is 1. The van der Waals surface area contributed by atoms with Crippen LogP contribution in [0, 0.1) is 5.82 Å². The summed E-state index contributed by atoms with van der Waals surface area (Å²) in [5, 5.41) is 0. The third kappa shape index (κ3) is 1.90. The molecule has 82 valence electrons. The van der Waals surface area contributed by atoms with Crippen LogP contribution in [0.4, 0.5) is 4.39 Å². The highest BCUT2D eigenvalue weighted by molar-refractivity contribution is 5.33. The molecule has 2 atom stereocenters. The van der Waals surface area contributed by atoms with Gasteiger partial charge in [-0.3, -0.25) is 0 Å². The van der Waals surface area contributed by atoms with Crippen molar-refractivity contribution < 1.29 is 9.13 Å². The van der Waals surface area contributed by atoms with Gasteiger partial charge in [0.15, 0.2) is 0 Å². The lowest BCUT2D eigenvalue weighted by Gasteiger charge is -2.32. The fourth-order valence-electron chi connectivity index (χ4n) is 2.24. The van der Waals surface area contributed by atoms with E-state index in [1.807, 2.05) is 0 Å². The Hall–Kier alpha value is -0.930. The molecule has 2 rings (SSSR count). The maximum atomic E-state index is 13.2. The smallest absolute Gasteiger partial charge is 0.123 e. The highest BCUT2D eigenvalue weighted by Gasteiger charge is 2.28. The minimum absolute atomic E-state index is 0.129. The van der Waals surface area contributed by atoms with E-state index in [1.165, 1.54) is 6.07 Å². The fraction of sp³-hybridized carbons (Fsp3) is 0.500. The SMILES string of the molecule is CCC1OCc2ccc(F)cc2C1CN. The van der Waals surface area contributed by atoms with Crippen LogP contribution in [0.5, 0.6) is 0 Å². The molecule has 0 radical (unpaired) electrons. The van der Waals surface area contributed by atoms with Crippen molar-refractivity contribution in [1.29, 1.82) is 0 Å². The van der Waals surface area contributed by atoms with Crippen molar-refractivity contribution in [2.24, 2.45) is 5.73 Å². The Bertz CT molecular complexity index is 353. The summed E-state index contributed by atoms with van der Waals surface area (Å²) in [4.78, 5) is 0. The first-order chi connectivity index (χ1) is 7.26. The molecule has 0 spiro atoms. The first-order valence-electron chi connectivity index (χ1n) is 5.36. The van der Waals surface area contributed by atoms with E-state index in [1.54, 1.807) is 12.1 Å². The standard InChI is InChI=1S/C12H16FNO/c1-2-12-11(6-14)10-5-9(13)4-3-8(10)7-15-12/h3-5,11-12H,2,6-7,14H2,1H3. The summed E-state index contributed by atoms with van der Waals surface area (Å²) in [6, 6.07) is 4.86. The van der Waals surface area contributed by atoms with E-state index in [-0.39, 0.29) is 17.8 Å². The van der Waals surface area contributed by atoms with Gasteiger partial charge in [0.25, 0.3) is 0 Å². The fourth-order valence-corrected chi connectivity index (χ4v) is 2.24. The molecule has 2 nitrogen and oxygen atoms in total. The minimum atomic E-state index is -0.191.